The summed E-state index contributed by atoms with van der Waals surface area (Å²) in [4.78, 5) is 2.41. The summed E-state index contributed by atoms with van der Waals surface area (Å²) in [5.74, 6) is 0.103. The van der Waals surface area contributed by atoms with Crippen LogP contribution in [-0.2, 0) is 14.8 Å². The summed E-state index contributed by atoms with van der Waals surface area (Å²) in [6, 6.07) is 0.591. The standard InChI is InChI=1S/C12H25N3O3S/c1-2-18-9-10-19(16,17)15-7-5-14(6-8-15)12-3-4-13-11-12/h12-13H,2-11H2,1H3. The Kier molecular flexibility index (Phi) is 5.58. The van der Waals surface area contributed by atoms with Gasteiger partial charge >= 0.3 is 0 Å². The molecule has 0 aliphatic carbocycles. The third-order valence-electron chi connectivity index (χ3n) is 3.91. The first kappa shape index (κ1) is 15.2. The lowest BCUT2D eigenvalue weighted by molar-refractivity contribution is 0.141. The quantitative estimate of drug-likeness (QED) is 0.658. The highest BCUT2D eigenvalue weighted by atomic mass is 32.2. The Balaban J connectivity index is 1.78. The maximum Gasteiger partial charge on any atom is 0.216 e. The van der Waals surface area contributed by atoms with E-state index in [2.05, 4.69) is 10.2 Å². The van der Waals surface area contributed by atoms with E-state index in [0.717, 1.165) is 26.2 Å². The van der Waals surface area contributed by atoms with Crippen molar-refractivity contribution < 1.29 is 13.2 Å². The minimum absolute atomic E-state index is 0.103. The molecule has 2 aliphatic heterocycles. The molecule has 2 rings (SSSR count). The third kappa shape index (κ3) is 4.13. The predicted molar refractivity (Wildman–Crippen MR) is 74.7 cm³/mol. The molecule has 0 aromatic heterocycles. The van der Waals surface area contributed by atoms with Crippen LogP contribution in [0.1, 0.15) is 13.3 Å². The van der Waals surface area contributed by atoms with Crippen LogP contribution in [0.5, 0.6) is 0 Å². The van der Waals surface area contributed by atoms with Gasteiger partial charge in [-0.25, -0.2) is 8.42 Å². The van der Waals surface area contributed by atoms with Gasteiger partial charge in [-0.1, -0.05) is 0 Å². The second-order valence-corrected chi connectivity index (χ2v) is 7.18. The molecule has 0 saturated carbocycles. The van der Waals surface area contributed by atoms with Crippen molar-refractivity contribution in [2.45, 2.75) is 19.4 Å². The topological polar surface area (TPSA) is 61.9 Å². The number of sulfonamides is 1. The molecule has 0 aromatic rings. The molecule has 112 valence electrons. The Morgan fingerprint density at radius 2 is 2.00 bits per heavy atom. The van der Waals surface area contributed by atoms with Crippen LogP contribution in [0.3, 0.4) is 0 Å². The molecule has 19 heavy (non-hydrogen) atoms. The summed E-state index contributed by atoms with van der Waals surface area (Å²) in [7, 11) is -3.14. The molecule has 2 aliphatic rings. The Labute approximate surface area is 116 Å². The van der Waals surface area contributed by atoms with Gasteiger partial charge in [0.15, 0.2) is 0 Å². The molecule has 2 fully saturated rings. The molecular weight excluding hydrogens is 266 g/mol. The van der Waals surface area contributed by atoms with Crippen molar-refractivity contribution in [3.05, 3.63) is 0 Å². The van der Waals surface area contributed by atoms with Gasteiger partial charge in [0.1, 0.15) is 0 Å². The average molecular weight is 291 g/mol. The summed E-state index contributed by atoms with van der Waals surface area (Å²) < 4.78 is 31.0. The van der Waals surface area contributed by atoms with Gasteiger partial charge in [-0.2, -0.15) is 4.31 Å². The van der Waals surface area contributed by atoms with Crippen molar-refractivity contribution in [3.8, 4) is 0 Å². The zero-order valence-electron chi connectivity index (χ0n) is 11.7. The fourth-order valence-electron chi connectivity index (χ4n) is 2.74. The molecule has 2 saturated heterocycles. The Hall–Kier alpha value is -0.210. The summed E-state index contributed by atoms with van der Waals surface area (Å²) in [6.45, 7) is 7.79. The number of piperazine rings is 1. The Morgan fingerprint density at radius 1 is 1.26 bits per heavy atom. The van der Waals surface area contributed by atoms with Crippen molar-refractivity contribution in [3.63, 3.8) is 0 Å². The van der Waals surface area contributed by atoms with Gasteiger partial charge in [-0.3, -0.25) is 4.90 Å². The number of rotatable bonds is 6. The summed E-state index contributed by atoms with van der Waals surface area (Å²) in [6.07, 6.45) is 1.18. The highest BCUT2D eigenvalue weighted by molar-refractivity contribution is 7.89. The van der Waals surface area contributed by atoms with Crippen LogP contribution >= 0.6 is 0 Å². The summed E-state index contributed by atoms with van der Waals surface area (Å²) in [5, 5.41) is 3.36. The lowest BCUT2D eigenvalue weighted by atomic mass is 10.2. The number of hydrogen-bond acceptors (Lipinski definition) is 5. The second kappa shape index (κ2) is 6.99. The van der Waals surface area contributed by atoms with E-state index < -0.39 is 10.0 Å². The zero-order chi connectivity index (χ0) is 13.7. The van der Waals surface area contributed by atoms with Gasteiger partial charge < -0.3 is 10.1 Å². The fourth-order valence-corrected chi connectivity index (χ4v) is 4.04. The molecule has 1 N–H and O–H groups in total. The number of hydrogen-bond donors (Lipinski definition) is 1. The van der Waals surface area contributed by atoms with Crippen LogP contribution in [-0.4, -0.2) is 81.9 Å². The summed E-state index contributed by atoms with van der Waals surface area (Å²) in [5.41, 5.74) is 0. The molecule has 2 heterocycles. The molecule has 0 bridgehead atoms. The predicted octanol–water partition coefficient (Wildman–Crippen LogP) is -0.668. The third-order valence-corrected chi connectivity index (χ3v) is 5.74. The van der Waals surface area contributed by atoms with Gasteiger partial charge in [0.05, 0.1) is 12.4 Å². The van der Waals surface area contributed by atoms with Gasteiger partial charge in [0.2, 0.25) is 10.0 Å². The highest BCUT2D eigenvalue weighted by Gasteiger charge is 2.30. The van der Waals surface area contributed by atoms with E-state index in [-0.39, 0.29) is 5.75 Å². The first-order chi connectivity index (χ1) is 9.13. The molecular formula is C12H25N3O3S. The fraction of sp³-hybridized carbons (Fsp3) is 1.00. The minimum Gasteiger partial charge on any atom is -0.381 e. The van der Waals surface area contributed by atoms with E-state index >= 15 is 0 Å². The van der Waals surface area contributed by atoms with Crippen LogP contribution in [0.25, 0.3) is 0 Å². The smallest absolute Gasteiger partial charge is 0.216 e. The largest absolute Gasteiger partial charge is 0.381 e. The zero-order valence-corrected chi connectivity index (χ0v) is 12.5. The number of nitrogens with one attached hydrogen (secondary N) is 1. The van der Waals surface area contributed by atoms with Crippen LogP contribution in [0.4, 0.5) is 0 Å². The van der Waals surface area contributed by atoms with Crippen LogP contribution in [0.15, 0.2) is 0 Å². The number of nitrogens with zero attached hydrogens (tertiary/aromatic N) is 2. The van der Waals surface area contributed by atoms with Gasteiger partial charge in [0.25, 0.3) is 0 Å². The first-order valence-corrected chi connectivity index (χ1v) is 8.74. The van der Waals surface area contributed by atoms with Crippen molar-refractivity contribution in [2.24, 2.45) is 0 Å². The van der Waals surface area contributed by atoms with Crippen molar-refractivity contribution in [1.82, 2.24) is 14.5 Å². The maximum atomic E-state index is 12.1. The normalized spacial score (nSPS) is 26.9. The lowest BCUT2D eigenvalue weighted by Gasteiger charge is -2.37. The molecule has 0 radical (unpaired) electrons. The van der Waals surface area contributed by atoms with Crippen molar-refractivity contribution >= 4 is 10.0 Å². The highest BCUT2D eigenvalue weighted by Crippen LogP contribution is 2.14. The SMILES string of the molecule is CCOCCS(=O)(=O)N1CCN(C2CCNC2)CC1. The van der Waals surface area contributed by atoms with E-state index in [1.165, 1.54) is 6.42 Å². The monoisotopic (exact) mass is 291 g/mol. The molecule has 0 amide bonds. The van der Waals surface area contributed by atoms with Gasteiger partial charge in [-0.05, 0) is 19.9 Å². The first-order valence-electron chi connectivity index (χ1n) is 7.14. The second-order valence-electron chi connectivity index (χ2n) is 5.09. The van der Waals surface area contributed by atoms with Gasteiger partial charge in [-0.15, -0.1) is 0 Å². The van der Waals surface area contributed by atoms with E-state index in [1.54, 1.807) is 4.31 Å². The van der Waals surface area contributed by atoms with Crippen LogP contribution in [0, 0.1) is 0 Å². The van der Waals surface area contributed by atoms with Crippen LogP contribution in [0.2, 0.25) is 0 Å². The molecule has 1 unspecified atom stereocenters. The Bertz CT molecular complexity index is 360. The van der Waals surface area contributed by atoms with Gasteiger partial charge in [0, 0.05) is 45.4 Å². The Morgan fingerprint density at radius 3 is 2.58 bits per heavy atom. The number of ether oxygens (including phenoxy) is 1. The summed E-state index contributed by atoms with van der Waals surface area (Å²) >= 11 is 0. The van der Waals surface area contributed by atoms with Crippen molar-refractivity contribution in [2.75, 3.05) is 58.2 Å². The molecule has 7 heteroatoms. The molecule has 1 atom stereocenters. The van der Waals surface area contributed by atoms with E-state index in [4.69, 9.17) is 4.74 Å². The molecule has 0 aromatic carbocycles. The molecule has 6 nitrogen and oxygen atoms in total. The van der Waals surface area contributed by atoms with E-state index in [0.29, 0.717) is 32.3 Å². The lowest BCUT2D eigenvalue weighted by Crippen LogP contribution is -2.53. The van der Waals surface area contributed by atoms with E-state index in [1.807, 2.05) is 6.92 Å². The maximum absolute atomic E-state index is 12.1. The van der Waals surface area contributed by atoms with Crippen molar-refractivity contribution in [1.29, 1.82) is 0 Å². The minimum atomic E-state index is -3.14. The molecule has 0 spiro atoms. The average Bonchev–Trinajstić information content (AvgIpc) is 2.93. The van der Waals surface area contributed by atoms with E-state index in [9.17, 15) is 8.42 Å². The van der Waals surface area contributed by atoms with Crippen LogP contribution < -0.4 is 5.32 Å².